The zero-order valence-corrected chi connectivity index (χ0v) is 11.2. The zero-order valence-electron chi connectivity index (χ0n) is 9.60. The topological polar surface area (TPSA) is 66.6 Å². The largest absolute Gasteiger partial charge is 0.396 e. The molecule has 17 heavy (non-hydrogen) atoms. The number of non-ortho nitro benzene ring substituents is 1. The smallest absolute Gasteiger partial charge is 0.270 e. The van der Waals surface area contributed by atoms with Gasteiger partial charge in [-0.2, -0.15) is 0 Å². The Bertz CT molecular complexity index is 398. The van der Waals surface area contributed by atoms with Gasteiger partial charge in [0, 0.05) is 36.3 Å². The van der Waals surface area contributed by atoms with Gasteiger partial charge in [-0.3, -0.25) is 10.1 Å². The molecule has 0 aliphatic carbocycles. The lowest BCUT2D eigenvalue weighted by atomic mass is 10.2. The van der Waals surface area contributed by atoms with Gasteiger partial charge in [-0.25, -0.2) is 0 Å². The van der Waals surface area contributed by atoms with Gasteiger partial charge < -0.3 is 10.0 Å². The summed E-state index contributed by atoms with van der Waals surface area (Å²) in [5, 5.41) is 19.4. The van der Waals surface area contributed by atoms with E-state index in [2.05, 4.69) is 20.8 Å². The molecule has 0 saturated heterocycles. The molecule has 1 aromatic rings. The molecule has 0 unspecified atom stereocenters. The Morgan fingerprint density at radius 1 is 1.53 bits per heavy atom. The highest BCUT2D eigenvalue weighted by molar-refractivity contribution is 9.10. The molecular weight excluding hydrogens is 288 g/mol. The van der Waals surface area contributed by atoms with E-state index < -0.39 is 4.92 Å². The molecule has 0 radical (unpaired) electrons. The lowest BCUT2D eigenvalue weighted by molar-refractivity contribution is -0.384. The van der Waals surface area contributed by atoms with E-state index in [1.54, 1.807) is 6.07 Å². The summed E-state index contributed by atoms with van der Waals surface area (Å²) in [5.41, 5.74) is 0.977. The summed E-state index contributed by atoms with van der Waals surface area (Å²) in [4.78, 5) is 12.3. The van der Waals surface area contributed by atoms with Crippen LogP contribution in [0.15, 0.2) is 22.7 Å². The van der Waals surface area contributed by atoms with Crippen LogP contribution in [0.3, 0.4) is 0 Å². The van der Waals surface area contributed by atoms with E-state index in [1.165, 1.54) is 12.1 Å². The molecule has 0 aliphatic heterocycles. The van der Waals surface area contributed by atoms with Crippen LogP contribution < -0.4 is 4.90 Å². The van der Waals surface area contributed by atoms with Crippen LogP contribution in [0.25, 0.3) is 0 Å². The van der Waals surface area contributed by atoms with Crippen LogP contribution in [0, 0.1) is 10.1 Å². The third kappa shape index (κ3) is 3.67. The van der Waals surface area contributed by atoms with Gasteiger partial charge in [0.1, 0.15) is 0 Å². The van der Waals surface area contributed by atoms with E-state index in [0.29, 0.717) is 10.9 Å². The Hall–Kier alpha value is -1.14. The third-order valence-corrected chi connectivity index (χ3v) is 3.09. The van der Waals surface area contributed by atoms with E-state index >= 15 is 0 Å². The molecular formula is C11H15BrN2O3. The van der Waals surface area contributed by atoms with Gasteiger partial charge >= 0.3 is 0 Å². The van der Waals surface area contributed by atoms with E-state index in [0.717, 1.165) is 18.8 Å². The SMILES string of the molecule is CCN(CCCO)c1ccc([N+](=O)[O-])cc1Br. The number of hydrogen-bond donors (Lipinski definition) is 1. The lowest BCUT2D eigenvalue weighted by Crippen LogP contribution is -2.24. The molecule has 0 aromatic heterocycles. The number of nitrogens with zero attached hydrogens (tertiary/aromatic N) is 2. The molecule has 0 spiro atoms. The summed E-state index contributed by atoms with van der Waals surface area (Å²) >= 11 is 3.34. The molecule has 1 rings (SSSR count). The number of anilines is 1. The minimum absolute atomic E-state index is 0.0684. The van der Waals surface area contributed by atoms with E-state index in [4.69, 9.17) is 5.11 Å². The summed E-state index contributed by atoms with van der Waals surface area (Å²) < 4.78 is 0.700. The first-order valence-electron chi connectivity index (χ1n) is 5.40. The molecule has 0 fully saturated rings. The number of nitro benzene ring substituents is 1. The fourth-order valence-corrected chi connectivity index (χ4v) is 2.19. The maximum Gasteiger partial charge on any atom is 0.270 e. The number of aliphatic hydroxyl groups excluding tert-OH is 1. The second kappa shape index (κ2) is 6.56. The summed E-state index contributed by atoms with van der Waals surface area (Å²) in [5.74, 6) is 0. The van der Waals surface area contributed by atoms with Crippen molar-refractivity contribution >= 4 is 27.3 Å². The van der Waals surface area contributed by atoms with Gasteiger partial charge in [-0.1, -0.05) is 0 Å². The quantitative estimate of drug-likeness (QED) is 0.648. The van der Waals surface area contributed by atoms with Gasteiger partial charge in [0.25, 0.3) is 5.69 Å². The summed E-state index contributed by atoms with van der Waals surface area (Å²) in [6, 6.07) is 4.71. The zero-order chi connectivity index (χ0) is 12.8. The van der Waals surface area contributed by atoms with Crippen molar-refractivity contribution in [1.82, 2.24) is 0 Å². The first-order valence-corrected chi connectivity index (χ1v) is 6.19. The van der Waals surface area contributed by atoms with Crippen molar-refractivity contribution in [2.24, 2.45) is 0 Å². The van der Waals surface area contributed by atoms with Crippen LogP contribution in [0.1, 0.15) is 13.3 Å². The van der Waals surface area contributed by atoms with E-state index in [1.807, 2.05) is 6.92 Å². The van der Waals surface area contributed by atoms with Crippen molar-refractivity contribution in [2.45, 2.75) is 13.3 Å². The minimum Gasteiger partial charge on any atom is -0.396 e. The molecule has 0 aliphatic rings. The molecule has 1 N–H and O–H groups in total. The maximum atomic E-state index is 10.6. The molecule has 0 amide bonds. The Morgan fingerprint density at radius 3 is 2.71 bits per heavy atom. The molecule has 5 nitrogen and oxygen atoms in total. The van der Waals surface area contributed by atoms with Crippen LogP contribution in [0.4, 0.5) is 11.4 Å². The Morgan fingerprint density at radius 2 is 2.24 bits per heavy atom. The van der Waals surface area contributed by atoms with Crippen LogP contribution >= 0.6 is 15.9 Å². The van der Waals surface area contributed by atoms with Crippen molar-refractivity contribution in [3.8, 4) is 0 Å². The van der Waals surface area contributed by atoms with Crippen LogP contribution in [0.5, 0.6) is 0 Å². The normalized spacial score (nSPS) is 10.3. The summed E-state index contributed by atoms with van der Waals surface area (Å²) in [6.07, 6.45) is 0.678. The van der Waals surface area contributed by atoms with Gasteiger partial charge in [0.2, 0.25) is 0 Å². The molecule has 0 atom stereocenters. The van der Waals surface area contributed by atoms with E-state index in [9.17, 15) is 10.1 Å². The van der Waals surface area contributed by atoms with Gasteiger partial charge in [0.15, 0.2) is 0 Å². The average molecular weight is 303 g/mol. The Kier molecular flexibility index (Phi) is 5.37. The number of hydrogen-bond acceptors (Lipinski definition) is 4. The highest BCUT2D eigenvalue weighted by atomic mass is 79.9. The molecule has 1 aromatic carbocycles. The lowest BCUT2D eigenvalue weighted by Gasteiger charge is -2.23. The van der Waals surface area contributed by atoms with Crippen molar-refractivity contribution in [3.05, 3.63) is 32.8 Å². The fraction of sp³-hybridized carbons (Fsp3) is 0.455. The average Bonchev–Trinajstić information content (AvgIpc) is 2.31. The second-order valence-corrected chi connectivity index (χ2v) is 4.40. The number of aliphatic hydroxyl groups is 1. The number of benzene rings is 1. The Labute approximate surface area is 108 Å². The van der Waals surface area contributed by atoms with Gasteiger partial charge in [0.05, 0.1) is 10.6 Å². The Balaban J connectivity index is 2.92. The highest BCUT2D eigenvalue weighted by Crippen LogP contribution is 2.30. The first kappa shape index (κ1) is 13.9. The monoisotopic (exact) mass is 302 g/mol. The van der Waals surface area contributed by atoms with Gasteiger partial charge in [-0.05, 0) is 35.3 Å². The molecule has 0 bridgehead atoms. The summed E-state index contributed by atoms with van der Waals surface area (Å²) in [6.45, 7) is 3.66. The standard InChI is InChI=1S/C11H15BrN2O3/c1-2-13(6-3-7-15)11-5-4-9(14(16)17)8-10(11)12/h4-5,8,15H,2-3,6-7H2,1H3. The fourth-order valence-electron chi connectivity index (χ4n) is 1.58. The number of halogens is 1. The molecule has 0 heterocycles. The summed E-state index contributed by atoms with van der Waals surface area (Å²) in [7, 11) is 0. The third-order valence-electron chi connectivity index (χ3n) is 2.45. The predicted octanol–water partition coefficient (Wildman–Crippen LogP) is 2.57. The van der Waals surface area contributed by atoms with Crippen molar-refractivity contribution < 1.29 is 10.0 Å². The van der Waals surface area contributed by atoms with E-state index in [-0.39, 0.29) is 12.3 Å². The second-order valence-electron chi connectivity index (χ2n) is 3.55. The highest BCUT2D eigenvalue weighted by Gasteiger charge is 2.12. The minimum atomic E-state index is -0.418. The first-order chi connectivity index (χ1) is 8.10. The van der Waals surface area contributed by atoms with Crippen LogP contribution in [-0.4, -0.2) is 29.7 Å². The van der Waals surface area contributed by atoms with Crippen LogP contribution in [-0.2, 0) is 0 Å². The number of nitro groups is 1. The van der Waals surface area contributed by atoms with Crippen molar-refractivity contribution in [3.63, 3.8) is 0 Å². The molecule has 94 valence electrons. The molecule has 6 heteroatoms. The number of rotatable bonds is 6. The van der Waals surface area contributed by atoms with Crippen molar-refractivity contribution in [2.75, 3.05) is 24.6 Å². The van der Waals surface area contributed by atoms with Crippen LogP contribution in [0.2, 0.25) is 0 Å². The van der Waals surface area contributed by atoms with Crippen molar-refractivity contribution in [1.29, 1.82) is 0 Å². The maximum absolute atomic E-state index is 10.6. The predicted molar refractivity (Wildman–Crippen MR) is 70.4 cm³/mol. The molecule has 0 saturated carbocycles. The van der Waals surface area contributed by atoms with Gasteiger partial charge in [-0.15, -0.1) is 0 Å².